The Morgan fingerprint density at radius 3 is 2.38 bits per heavy atom. The molecular formula is C17H13F3N2O2. The number of nitrogens with zero attached hydrogens (tertiary/aromatic N) is 1. The molecule has 0 saturated carbocycles. The van der Waals surface area contributed by atoms with Gasteiger partial charge in [-0.1, -0.05) is 24.3 Å². The molecule has 1 N–H and O–H groups in total. The number of carbonyl (C=O) groups is 2. The van der Waals surface area contributed by atoms with Gasteiger partial charge in [-0.15, -0.1) is 0 Å². The molecule has 4 nitrogen and oxygen atoms in total. The number of anilines is 2. The fourth-order valence-electron chi connectivity index (χ4n) is 2.57. The predicted molar refractivity (Wildman–Crippen MR) is 82.4 cm³/mol. The quantitative estimate of drug-likeness (QED) is 0.875. The van der Waals surface area contributed by atoms with Crippen LogP contribution in [0, 0.1) is 0 Å². The summed E-state index contributed by atoms with van der Waals surface area (Å²) in [6, 6.07) is 12.2. The van der Waals surface area contributed by atoms with E-state index in [9.17, 15) is 22.8 Å². The van der Waals surface area contributed by atoms with Gasteiger partial charge in [-0.3, -0.25) is 9.59 Å². The summed E-state index contributed by atoms with van der Waals surface area (Å²) >= 11 is 0. The molecular weight excluding hydrogens is 321 g/mol. The lowest BCUT2D eigenvalue weighted by atomic mass is 10.2. The van der Waals surface area contributed by atoms with Gasteiger partial charge in [0, 0.05) is 5.69 Å². The summed E-state index contributed by atoms with van der Waals surface area (Å²) in [6.07, 6.45) is -4.65. The second-order valence-corrected chi connectivity index (χ2v) is 5.38. The lowest BCUT2D eigenvalue weighted by molar-refractivity contribution is -0.137. The normalized spacial score (nSPS) is 18.1. The Kier molecular flexibility index (Phi) is 4.01. The second kappa shape index (κ2) is 5.99. The number of rotatable bonds is 3. The van der Waals surface area contributed by atoms with E-state index >= 15 is 0 Å². The summed E-state index contributed by atoms with van der Waals surface area (Å²) in [5.74, 6) is -1.10. The van der Waals surface area contributed by atoms with Crippen molar-refractivity contribution < 1.29 is 22.8 Å². The summed E-state index contributed by atoms with van der Waals surface area (Å²) in [7, 11) is 0. The summed E-state index contributed by atoms with van der Waals surface area (Å²) in [4.78, 5) is 25.4. The third-order valence-electron chi connectivity index (χ3n) is 3.69. The predicted octanol–water partition coefficient (Wildman–Crippen LogP) is 3.45. The monoisotopic (exact) mass is 334 g/mol. The number of para-hydroxylation sites is 1. The molecule has 1 aliphatic heterocycles. The van der Waals surface area contributed by atoms with Gasteiger partial charge in [0.1, 0.15) is 6.04 Å². The Morgan fingerprint density at radius 2 is 1.71 bits per heavy atom. The van der Waals surface area contributed by atoms with Crippen LogP contribution in [0.15, 0.2) is 54.6 Å². The molecule has 0 unspecified atom stereocenters. The number of alkyl halides is 3. The molecule has 0 spiro atoms. The SMILES string of the molecule is O=C1C[C@H](Nc2ccccc2)C(=O)N1c1cccc(C(F)(F)F)c1. The molecule has 124 valence electrons. The third-order valence-corrected chi connectivity index (χ3v) is 3.69. The second-order valence-electron chi connectivity index (χ2n) is 5.38. The van der Waals surface area contributed by atoms with E-state index in [0.717, 1.165) is 17.0 Å². The lowest BCUT2D eigenvalue weighted by Crippen LogP contribution is -2.34. The molecule has 3 rings (SSSR count). The molecule has 0 bridgehead atoms. The molecule has 1 aliphatic rings. The topological polar surface area (TPSA) is 49.4 Å². The van der Waals surface area contributed by atoms with Crippen molar-refractivity contribution in [2.75, 3.05) is 10.2 Å². The van der Waals surface area contributed by atoms with Crippen LogP contribution in [0.5, 0.6) is 0 Å². The number of imide groups is 1. The fraction of sp³-hybridized carbons (Fsp3) is 0.176. The van der Waals surface area contributed by atoms with E-state index in [2.05, 4.69) is 5.32 Å². The van der Waals surface area contributed by atoms with E-state index in [1.54, 1.807) is 24.3 Å². The smallest absolute Gasteiger partial charge is 0.373 e. The maximum atomic E-state index is 12.8. The molecule has 2 aromatic rings. The zero-order chi connectivity index (χ0) is 17.3. The highest BCUT2D eigenvalue weighted by Gasteiger charge is 2.40. The molecule has 7 heteroatoms. The highest BCUT2D eigenvalue weighted by Crippen LogP contribution is 2.33. The number of amides is 2. The number of nitrogens with one attached hydrogen (secondary N) is 1. The minimum atomic E-state index is -4.54. The van der Waals surface area contributed by atoms with Crippen molar-refractivity contribution in [3.63, 3.8) is 0 Å². The van der Waals surface area contributed by atoms with E-state index < -0.39 is 29.6 Å². The highest BCUT2D eigenvalue weighted by atomic mass is 19.4. The first-order valence-corrected chi connectivity index (χ1v) is 7.22. The van der Waals surface area contributed by atoms with E-state index in [0.29, 0.717) is 5.69 Å². The summed E-state index contributed by atoms with van der Waals surface area (Å²) in [5, 5.41) is 2.93. The summed E-state index contributed by atoms with van der Waals surface area (Å²) in [6.45, 7) is 0. The molecule has 0 radical (unpaired) electrons. The Bertz CT molecular complexity index is 775. The zero-order valence-electron chi connectivity index (χ0n) is 12.4. The van der Waals surface area contributed by atoms with E-state index in [1.165, 1.54) is 12.1 Å². The van der Waals surface area contributed by atoms with Gasteiger partial charge in [-0.05, 0) is 30.3 Å². The van der Waals surface area contributed by atoms with Crippen LogP contribution >= 0.6 is 0 Å². The van der Waals surface area contributed by atoms with E-state index in [1.807, 2.05) is 6.07 Å². The van der Waals surface area contributed by atoms with Crippen molar-refractivity contribution in [3.8, 4) is 0 Å². The molecule has 2 amide bonds. The van der Waals surface area contributed by atoms with Crippen LogP contribution in [0.2, 0.25) is 0 Å². The summed E-state index contributed by atoms with van der Waals surface area (Å²) in [5.41, 5.74) is -0.313. The van der Waals surface area contributed by atoms with E-state index in [-0.39, 0.29) is 12.1 Å². The Hall–Kier alpha value is -2.83. The maximum Gasteiger partial charge on any atom is 0.416 e. The maximum absolute atomic E-state index is 12.8. The van der Waals surface area contributed by atoms with Crippen LogP contribution in [0.1, 0.15) is 12.0 Å². The largest absolute Gasteiger partial charge is 0.416 e. The van der Waals surface area contributed by atoms with Gasteiger partial charge in [0.15, 0.2) is 0 Å². The van der Waals surface area contributed by atoms with Crippen LogP contribution in [0.25, 0.3) is 0 Å². The van der Waals surface area contributed by atoms with Crippen LogP contribution in [-0.2, 0) is 15.8 Å². The average molecular weight is 334 g/mol. The van der Waals surface area contributed by atoms with Crippen molar-refractivity contribution in [2.24, 2.45) is 0 Å². The number of halogens is 3. The van der Waals surface area contributed by atoms with Crippen LogP contribution in [-0.4, -0.2) is 17.9 Å². The molecule has 1 atom stereocenters. The van der Waals surface area contributed by atoms with Crippen molar-refractivity contribution >= 4 is 23.2 Å². The van der Waals surface area contributed by atoms with Crippen LogP contribution in [0.3, 0.4) is 0 Å². The van der Waals surface area contributed by atoms with Crippen LogP contribution < -0.4 is 10.2 Å². The van der Waals surface area contributed by atoms with Gasteiger partial charge in [-0.2, -0.15) is 13.2 Å². The minimum Gasteiger partial charge on any atom is -0.373 e. The summed E-state index contributed by atoms with van der Waals surface area (Å²) < 4.78 is 38.4. The zero-order valence-corrected chi connectivity index (χ0v) is 12.4. The standard InChI is InChI=1S/C17H13F3N2O2/c18-17(19,20)11-5-4-8-13(9-11)22-15(23)10-14(16(22)24)21-12-6-2-1-3-7-12/h1-9,14,21H,10H2/t14-/m0/s1. The van der Waals surface area contributed by atoms with Crippen LogP contribution in [0.4, 0.5) is 24.5 Å². The van der Waals surface area contributed by atoms with Gasteiger partial charge in [-0.25, -0.2) is 4.90 Å². The van der Waals surface area contributed by atoms with Gasteiger partial charge in [0.25, 0.3) is 5.91 Å². The number of carbonyl (C=O) groups excluding carboxylic acids is 2. The minimum absolute atomic E-state index is 0.0720. The van der Waals surface area contributed by atoms with Crippen molar-refractivity contribution in [1.82, 2.24) is 0 Å². The van der Waals surface area contributed by atoms with E-state index in [4.69, 9.17) is 0 Å². The lowest BCUT2D eigenvalue weighted by Gasteiger charge is -2.17. The Balaban J connectivity index is 1.85. The number of hydrogen-bond acceptors (Lipinski definition) is 3. The number of benzene rings is 2. The highest BCUT2D eigenvalue weighted by molar-refractivity contribution is 6.23. The fourth-order valence-corrected chi connectivity index (χ4v) is 2.57. The molecule has 0 aliphatic carbocycles. The van der Waals surface area contributed by atoms with Crippen molar-refractivity contribution in [2.45, 2.75) is 18.6 Å². The molecule has 2 aromatic carbocycles. The third kappa shape index (κ3) is 3.10. The average Bonchev–Trinajstić information content (AvgIpc) is 2.82. The van der Waals surface area contributed by atoms with Gasteiger partial charge in [0.2, 0.25) is 5.91 Å². The van der Waals surface area contributed by atoms with Gasteiger partial charge < -0.3 is 5.32 Å². The Morgan fingerprint density at radius 1 is 1.00 bits per heavy atom. The molecule has 1 saturated heterocycles. The molecule has 0 aromatic heterocycles. The van der Waals surface area contributed by atoms with Crippen molar-refractivity contribution in [3.05, 3.63) is 60.2 Å². The first-order chi connectivity index (χ1) is 11.4. The van der Waals surface area contributed by atoms with Crippen molar-refractivity contribution in [1.29, 1.82) is 0 Å². The van der Waals surface area contributed by atoms with Gasteiger partial charge in [0.05, 0.1) is 17.7 Å². The molecule has 1 fully saturated rings. The Labute approximate surface area is 135 Å². The first-order valence-electron chi connectivity index (χ1n) is 7.22. The first kappa shape index (κ1) is 16.0. The molecule has 24 heavy (non-hydrogen) atoms. The molecule has 1 heterocycles. The van der Waals surface area contributed by atoms with Gasteiger partial charge >= 0.3 is 6.18 Å². The number of hydrogen-bond donors (Lipinski definition) is 1.